The number of aromatic nitrogens is 2. The standard InChI is InChI=1S/C15H26N4O2/c1-12-5-4-6-14(9-12)18(2)15(20)17-13-10-16-19(11-13)7-8-21-3/h10-12,14H,4-9H2,1-3H3,(H,17,20)/t12-,14-/m0/s1. The Hall–Kier alpha value is -1.56. The average Bonchev–Trinajstić information content (AvgIpc) is 2.91. The maximum atomic E-state index is 12.3. The molecule has 1 aromatic heterocycles. The first-order chi connectivity index (χ1) is 10.1. The smallest absolute Gasteiger partial charge is 0.321 e. The van der Waals surface area contributed by atoms with Gasteiger partial charge in [0.25, 0.3) is 0 Å². The first kappa shape index (κ1) is 15.8. The minimum Gasteiger partial charge on any atom is -0.383 e. The van der Waals surface area contributed by atoms with E-state index in [0.29, 0.717) is 25.1 Å². The minimum absolute atomic E-state index is 0.0552. The summed E-state index contributed by atoms with van der Waals surface area (Å²) in [5.74, 6) is 0.704. The van der Waals surface area contributed by atoms with E-state index in [9.17, 15) is 4.79 Å². The van der Waals surface area contributed by atoms with Crippen molar-refractivity contribution in [3.05, 3.63) is 12.4 Å². The lowest BCUT2D eigenvalue weighted by molar-refractivity contribution is 0.171. The number of carbonyl (C=O) groups is 1. The van der Waals surface area contributed by atoms with Gasteiger partial charge in [0, 0.05) is 26.4 Å². The monoisotopic (exact) mass is 294 g/mol. The summed E-state index contributed by atoms with van der Waals surface area (Å²) < 4.78 is 6.77. The summed E-state index contributed by atoms with van der Waals surface area (Å²) in [4.78, 5) is 14.1. The molecule has 2 atom stereocenters. The van der Waals surface area contributed by atoms with Crippen LogP contribution in [0.15, 0.2) is 12.4 Å². The Bertz CT molecular complexity index is 460. The summed E-state index contributed by atoms with van der Waals surface area (Å²) in [5, 5.41) is 7.11. The molecule has 21 heavy (non-hydrogen) atoms. The summed E-state index contributed by atoms with van der Waals surface area (Å²) in [6, 6.07) is 0.290. The molecule has 0 spiro atoms. The lowest BCUT2D eigenvalue weighted by Gasteiger charge is -2.34. The van der Waals surface area contributed by atoms with E-state index in [1.54, 1.807) is 18.0 Å². The van der Waals surface area contributed by atoms with Crippen LogP contribution in [0.4, 0.5) is 10.5 Å². The molecule has 1 aliphatic carbocycles. The third kappa shape index (κ3) is 4.46. The van der Waals surface area contributed by atoms with Gasteiger partial charge in [-0.1, -0.05) is 19.8 Å². The van der Waals surface area contributed by atoms with Gasteiger partial charge < -0.3 is 15.0 Å². The molecule has 1 aliphatic rings. The number of hydrogen-bond donors (Lipinski definition) is 1. The maximum absolute atomic E-state index is 12.3. The number of ether oxygens (including phenoxy) is 1. The molecule has 6 nitrogen and oxygen atoms in total. The van der Waals surface area contributed by atoms with Crippen LogP contribution in [0, 0.1) is 5.92 Å². The molecule has 1 N–H and O–H groups in total. The Morgan fingerprint density at radius 1 is 1.57 bits per heavy atom. The lowest BCUT2D eigenvalue weighted by atomic mass is 9.86. The number of hydrogen-bond acceptors (Lipinski definition) is 3. The van der Waals surface area contributed by atoms with Crippen LogP contribution in [-0.4, -0.2) is 47.5 Å². The highest BCUT2D eigenvalue weighted by atomic mass is 16.5. The van der Waals surface area contributed by atoms with E-state index in [1.165, 1.54) is 12.8 Å². The topological polar surface area (TPSA) is 59.4 Å². The molecular weight excluding hydrogens is 268 g/mol. The normalized spacial score (nSPS) is 22.0. The first-order valence-corrected chi connectivity index (χ1v) is 7.65. The number of nitrogens with zero attached hydrogens (tertiary/aromatic N) is 3. The van der Waals surface area contributed by atoms with E-state index >= 15 is 0 Å². The Kier molecular flexibility index (Phi) is 5.61. The molecular formula is C15H26N4O2. The van der Waals surface area contributed by atoms with Crippen LogP contribution in [0.3, 0.4) is 0 Å². The number of carbonyl (C=O) groups excluding carboxylic acids is 1. The van der Waals surface area contributed by atoms with Gasteiger partial charge in [-0.05, 0) is 18.8 Å². The highest BCUT2D eigenvalue weighted by Crippen LogP contribution is 2.26. The van der Waals surface area contributed by atoms with Gasteiger partial charge in [-0.3, -0.25) is 4.68 Å². The van der Waals surface area contributed by atoms with Crippen LogP contribution >= 0.6 is 0 Å². The zero-order chi connectivity index (χ0) is 15.2. The summed E-state index contributed by atoms with van der Waals surface area (Å²) in [6.45, 7) is 3.55. The number of urea groups is 1. The summed E-state index contributed by atoms with van der Waals surface area (Å²) in [7, 11) is 3.54. The molecule has 0 bridgehead atoms. The first-order valence-electron chi connectivity index (χ1n) is 7.65. The van der Waals surface area contributed by atoms with E-state index < -0.39 is 0 Å². The van der Waals surface area contributed by atoms with Crippen LogP contribution in [0.2, 0.25) is 0 Å². The SMILES string of the molecule is COCCn1cc(NC(=O)N(C)[C@H]2CCC[C@H](C)C2)cn1. The van der Waals surface area contributed by atoms with Crippen LogP contribution in [0.1, 0.15) is 32.6 Å². The predicted molar refractivity (Wildman–Crippen MR) is 82.3 cm³/mol. The fourth-order valence-electron chi connectivity index (χ4n) is 2.87. The Morgan fingerprint density at radius 2 is 2.38 bits per heavy atom. The van der Waals surface area contributed by atoms with Gasteiger partial charge >= 0.3 is 6.03 Å². The zero-order valence-electron chi connectivity index (χ0n) is 13.2. The molecule has 0 radical (unpaired) electrons. The molecule has 0 saturated heterocycles. The molecule has 0 aromatic carbocycles. The number of methoxy groups -OCH3 is 1. The quantitative estimate of drug-likeness (QED) is 0.908. The second-order valence-corrected chi connectivity index (χ2v) is 5.95. The van der Waals surface area contributed by atoms with Gasteiger partial charge in [0.05, 0.1) is 25.0 Å². The van der Waals surface area contributed by atoms with Gasteiger partial charge in [-0.25, -0.2) is 4.79 Å². The van der Waals surface area contributed by atoms with Gasteiger partial charge in [0.1, 0.15) is 0 Å². The van der Waals surface area contributed by atoms with Crippen LogP contribution < -0.4 is 5.32 Å². The van der Waals surface area contributed by atoms with E-state index in [-0.39, 0.29) is 6.03 Å². The Morgan fingerprint density at radius 3 is 3.10 bits per heavy atom. The van der Waals surface area contributed by atoms with E-state index in [1.807, 2.05) is 18.1 Å². The van der Waals surface area contributed by atoms with Gasteiger partial charge in [-0.2, -0.15) is 5.10 Å². The zero-order valence-corrected chi connectivity index (χ0v) is 13.2. The largest absolute Gasteiger partial charge is 0.383 e. The van der Waals surface area contributed by atoms with E-state index in [0.717, 1.165) is 18.5 Å². The second-order valence-electron chi connectivity index (χ2n) is 5.95. The second kappa shape index (κ2) is 7.45. The lowest BCUT2D eigenvalue weighted by Crippen LogP contribution is -2.42. The maximum Gasteiger partial charge on any atom is 0.321 e. The van der Waals surface area contributed by atoms with Crippen LogP contribution in [-0.2, 0) is 11.3 Å². The fourth-order valence-corrected chi connectivity index (χ4v) is 2.87. The average molecular weight is 294 g/mol. The number of rotatable bonds is 5. The highest BCUT2D eigenvalue weighted by Gasteiger charge is 2.25. The Labute approximate surface area is 126 Å². The molecule has 2 rings (SSSR count). The molecule has 0 unspecified atom stereocenters. The minimum atomic E-state index is -0.0552. The highest BCUT2D eigenvalue weighted by molar-refractivity contribution is 5.89. The molecule has 1 fully saturated rings. The third-order valence-electron chi connectivity index (χ3n) is 4.19. The van der Waals surface area contributed by atoms with Crippen molar-refractivity contribution in [3.8, 4) is 0 Å². The van der Waals surface area contributed by atoms with Crippen LogP contribution in [0.5, 0.6) is 0 Å². The van der Waals surface area contributed by atoms with E-state index in [4.69, 9.17) is 4.74 Å². The van der Waals surface area contributed by atoms with Gasteiger partial charge in [0.2, 0.25) is 0 Å². The van der Waals surface area contributed by atoms with Crippen molar-refractivity contribution in [3.63, 3.8) is 0 Å². The van der Waals surface area contributed by atoms with Crippen molar-refractivity contribution in [1.82, 2.24) is 14.7 Å². The number of amides is 2. The van der Waals surface area contributed by atoms with E-state index in [2.05, 4.69) is 17.3 Å². The molecule has 0 aliphatic heterocycles. The Balaban J connectivity index is 1.86. The molecule has 118 valence electrons. The van der Waals surface area contributed by atoms with Gasteiger partial charge in [0.15, 0.2) is 0 Å². The third-order valence-corrected chi connectivity index (χ3v) is 4.19. The molecule has 1 heterocycles. The summed E-state index contributed by atoms with van der Waals surface area (Å²) in [5.41, 5.74) is 0.729. The van der Waals surface area contributed by atoms with Crippen molar-refractivity contribution in [1.29, 1.82) is 0 Å². The predicted octanol–water partition coefficient (Wildman–Crippen LogP) is 2.57. The number of anilines is 1. The fraction of sp³-hybridized carbons (Fsp3) is 0.733. The van der Waals surface area contributed by atoms with Crippen molar-refractivity contribution in [2.24, 2.45) is 5.92 Å². The molecule has 1 aromatic rings. The van der Waals surface area contributed by atoms with Crippen molar-refractivity contribution < 1.29 is 9.53 Å². The molecule has 1 saturated carbocycles. The summed E-state index contributed by atoms with van der Waals surface area (Å²) in [6.07, 6.45) is 8.17. The summed E-state index contributed by atoms with van der Waals surface area (Å²) >= 11 is 0. The molecule has 6 heteroatoms. The van der Waals surface area contributed by atoms with Crippen molar-refractivity contribution >= 4 is 11.7 Å². The van der Waals surface area contributed by atoms with Crippen LogP contribution in [0.25, 0.3) is 0 Å². The van der Waals surface area contributed by atoms with Gasteiger partial charge in [-0.15, -0.1) is 0 Å². The number of nitrogens with one attached hydrogen (secondary N) is 1. The molecule has 2 amide bonds. The van der Waals surface area contributed by atoms with Crippen molar-refractivity contribution in [2.75, 3.05) is 26.1 Å². The van der Waals surface area contributed by atoms with Crippen molar-refractivity contribution in [2.45, 2.75) is 45.2 Å².